The maximum Gasteiger partial charge on any atom is 0.174 e. The molecule has 0 spiro atoms. The molecule has 0 aromatic heterocycles. The summed E-state index contributed by atoms with van der Waals surface area (Å²) in [5.74, 6) is 0.0891. The van der Waals surface area contributed by atoms with Gasteiger partial charge in [-0.05, 0) is 67.3 Å². The molecule has 21 heavy (non-hydrogen) atoms. The molecule has 2 nitrogen and oxygen atoms in total. The van der Waals surface area contributed by atoms with Crippen molar-refractivity contribution in [2.45, 2.75) is 66.1 Å². The van der Waals surface area contributed by atoms with Crippen LogP contribution in [0, 0.1) is 0 Å². The fourth-order valence-corrected chi connectivity index (χ4v) is 2.13. The van der Waals surface area contributed by atoms with Crippen LogP contribution >= 0.6 is 8.46 Å². The second-order valence-corrected chi connectivity index (χ2v) is 7.09. The number of allylic oxidation sites excluding steroid dienone is 5. The lowest BCUT2D eigenvalue weighted by atomic mass is 10.1. The molecule has 0 radical (unpaired) electrons. The summed E-state index contributed by atoms with van der Waals surface area (Å²) in [5.41, 5.74) is 4.29. The van der Waals surface area contributed by atoms with Crippen LogP contribution in [0.5, 0.6) is 0 Å². The second-order valence-electron chi connectivity index (χ2n) is 6.14. The van der Waals surface area contributed by atoms with E-state index in [1.54, 1.807) is 0 Å². The summed E-state index contributed by atoms with van der Waals surface area (Å²) in [7, 11) is 2.20. The fraction of sp³-hybridized carbons (Fsp3) is 0.667. The fourth-order valence-electron chi connectivity index (χ4n) is 1.87. The summed E-state index contributed by atoms with van der Waals surface area (Å²) in [6, 6.07) is 0. The van der Waals surface area contributed by atoms with E-state index in [1.165, 1.54) is 16.7 Å². The van der Waals surface area contributed by atoms with E-state index < -0.39 is 0 Å². The van der Waals surface area contributed by atoms with Crippen molar-refractivity contribution in [3.63, 3.8) is 0 Å². The minimum atomic E-state index is 0.0891. The Morgan fingerprint density at radius 3 is 2.05 bits per heavy atom. The summed E-state index contributed by atoms with van der Waals surface area (Å²) >= 11 is 0. The maximum atomic E-state index is 10.8. The van der Waals surface area contributed by atoms with Crippen LogP contribution in [0.3, 0.4) is 0 Å². The Balaban J connectivity index is 4.04. The Bertz CT molecular complexity index is 392. The number of hydrogen-bond donors (Lipinski definition) is 0. The highest BCUT2D eigenvalue weighted by Crippen LogP contribution is 2.13. The van der Waals surface area contributed by atoms with Crippen LogP contribution in [0.1, 0.15) is 60.3 Å². The third-order valence-electron chi connectivity index (χ3n) is 3.64. The third-order valence-corrected chi connectivity index (χ3v) is 4.34. The highest BCUT2D eigenvalue weighted by atomic mass is 31.1. The van der Waals surface area contributed by atoms with Gasteiger partial charge in [0.1, 0.15) is 0 Å². The van der Waals surface area contributed by atoms with Crippen molar-refractivity contribution in [3.8, 4) is 0 Å². The smallest absolute Gasteiger partial charge is 0.174 e. The van der Waals surface area contributed by atoms with E-state index in [-0.39, 0.29) is 14.2 Å². The van der Waals surface area contributed by atoms with Crippen molar-refractivity contribution in [2.75, 3.05) is 13.6 Å². The first-order valence-electron chi connectivity index (χ1n) is 7.84. The molecule has 0 rings (SSSR count). The maximum absolute atomic E-state index is 10.8. The molecule has 0 amide bonds. The summed E-state index contributed by atoms with van der Waals surface area (Å²) < 4.78 is 10.8. The van der Waals surface area contributed by atoms with Gasteiger partial charge < -0.3 is 0 Å². The Kier molecular flexibility index (Phi) is 11.5. The van der Waals surface area contributed by atoms with E-state index in [0.29, 0.717) is 0 Å². The van der Waals surface area contributed by atoms with E-state index in [4.69, 9.17) is 0 Å². The van der Waals surface area contributed by atoms with Crippen molar-refractivity contribution in [1.29, 1.82) is 0 Å². The van der Waals surface area contributed by atoms with Crippen molar-refractivity contribution in [1.82, 2.24) is 4.90 Å². The molecular weight excluding hydrogens is 277 g/mol. The van der Waals surface area contributed by atoms with Crippen molar-refractivity contribution in [2.24, 2.45) is 0 Å². The van der Waals surface area contributed by atoms with E-state index in [2.05, 4.69) is 50.8 Å². The summed E-state index contributed by atoms with van der Waals surface area (Å²) in [4.78, 5) is 2.10. The minimum absolute atomic E-state index is 0.0891. The molecule has 120 valence electrons. The number of hydrogen-bond acceptors (Lipinski definition) is 2. The largest absolute Gasteiger partial charge is 0.290 e. The third kappa shape index (κ3) is 11.6. The van der Waals surface area contributed by atoms with Gasteiger partial charge in [0.15, 0.2) is 8.46 Å². The summed E-state index contributed by atoms with van der Waals surface area (Å²) in [6.45, 7) is 11.5. The molecule has 3 heteroatoms. The molecule has 0 fully saturated rings. The summed E-state index contributed by atoms with van der Waals surface area (Å²) in [5, 5.41) is 0. The molecule has 0 bridgehead atoms. The molecule has 0 aromatic rings. The first-order chi connectivity index (χ1) is 9.86. The zero-order valence-corrected chi connectivity index (χ0v) is 15.5. The van der Waals surface area contributed by atoms with Crippen LogP contribution in [0.15, 0.2) is 34.9 Å². The first kappa shape index (κ1) is 20.3. The van der Waals surface area contributed by atoms with Crippen LogP contribution < -0.4 is 0 Å². The Morgan fingerprint density at radius 2 is 1.52 bits per heavy atom. The monoisotopic (exact) mass is 309 g/mol. The highest BCUT2D eigenvalue weighted by molar-refractivity contribution is 7.24. The molecule has 0 N–H and O–H groups in total. The van der Waals surface area contributed by atoms with Crippen molar-refractivity contribution >= 4 is 8.46 Å². The zero-order valence-electron chi connectivity index (χ0n) is 14.6. The SMILES string of the molecule is CC(C)=CCC/C(C)=C/CC/C(C)=C/CN(C)C(C)P=O. The lowest BCUT2D eigenvalue weighted by Gasteiger charge is -2.17. The second kappa shape index (κ2) is 11.9. The van der Waals surface area contributed by atoms with Gasteiger partial charge in [0, 0.05) is 6.54 Å². The molecule has 0 heterocycles. The molecule has 0 saturated heterocycles. The average Bonchev–Trinajstić information content (AvgIpc) is 2.43. The van der Waals surface area contributed by atoms with Crippen LogP contribution in [-0.4, -0.2) is 24.3 Å². The Labute approximate surface area is 133 Å². The number of likely N-dealkylation sites (N-methyl/N-ethyl adjacent to an activating group) is 1. The minimum Gasteiger partial charge on any atom is -0.290 e. The number of rotatable bonds is 10. The van der Waals surface area contributed by atoms with Crippen LogP contribution in [0.25, 0.3) is 0 Å². The topological polar surface area (TPSA) is 20.3 Å². The van der Waals surface area contributed by atoms with Crippen LogP contribution in [0.2, 0.25) is 0 Å². The normalized spacial score (nSPS) is 14.6. The van der Waals surface area contributed by atoms with Gasteiger partial charge in [0.05, 0.1) is 5.78 Å². The molecule has 0 aliphatic carbocycles. The quantitative estimate of drug-likeness (QED) is 0.366. The standard InChI is InChI=1S/C18H32NOP/c1-15(2)9-7-10-16(3)11-8-12-17(4)13-14-19(6)18(5)21-20/h9,11,13,18H,7-8,10,12,14H2,1-6H3/b16-11+,17-13+. The van der Waals surface area contributed by atoms with Gasteiger partial charge in [-0.15, -0.1) is 0 Å². The molecule has 0 aliphatic heterocycles. The first-order valence-corrected chi connectivity index (χ1v) is 8.72. The van der Waals surface area contributed by atoms with Crippen LogP contribution in [0.4, 0.5) is 0 Å². The lowest BCUT2D eigenvalue weighted by Crippen LogP contribution is -2.24. The van der Waals surface area contributed by atoms with Crippen molar-refractivity contribution < 1.29 is 4.57 Å². The zero-order chi connectivity index (χ0) is 16.3. The molecule has 0 aliphatic rings. The van der Waals surface area contributed by atoms with Crippen LogP contribution in [-0.2, 0) is 4.57 Å². The predicted molar refractivity (Wildman–Crippen MR) is 95.1 cm³/mol. The predicted octanol–water partition coefficient (Wildman–Crippen LogP) is 5.98. The Morgan fingerprint density at radius 1 is 1.00 bits per heavy atom. The van der Waals surface area contributed by atoms with E-state index in [9.17, 15) is 4.57 Å². The van der Waals surface area contributed by atoms with E-state index in [0.717, 1.165) is 32.2 Å². The molecule has 1 atom stereocenters. The van der Waals surface area contributed by atoms with E-state index in [1.807, 2.05) is 14.0 Å². The summed E-state index contributed by atoms with van der Waals surface area (Å²) in [6.07, 6.45) is 11.4. The molecule has 0 aromatic carbocycles. The van der Waals surface area contributed by atoms with Gasteiger partial charge in [-0.1, -0.05) is 34.9 Å². The van der Waals surface area contributed by atoms with E-state index >= 15 is 0 Å². The van der Waals surface area contributed by atoms with Gasteiger partial charge in [-0.25, -0.2) is 0 Å². The highest BCUT2D eigenvalue weighted by Gasteiger charge is 2.06. The van der Waals surface area contributed by atoms with Gasteiger partial charge in [-0.3, -0.25) is 9.46 Å². The van der Waals surface area contributed by atoms with Gasteiger partial charge in [0.2, 0.25) is 0 Å². The molecule has 0 saturated carbocycles. The van der Waals surface area contributed by atoms with Gasteiger partial charge in [0.25, 0.3) is 0 Å². The Hall–Kier alpha value is -0.720. The van der Waals surface area contributed by atoms with Gasteiger partial charge in [-0.2, -0.15) is 0 Å². The van der Waals surface area contributed by atoms with Gasteiger partial charge >= 0.3 is 0 Å². The lowest BCUT2D eigenvalue weighted by molar-refractivity contribution is 0.354. The molecular formula is C18H32NOP. The molecule has 1 unspecified atom stereocenters. The number of nitrogens with zero attached hydrogens (tertiary/aromatic N) is 1. The van der Waals surface area contributed by atoms with Crippen molar-refractivity contribution in [3.05, 3.63) is 34.9 Å². The average molecular weight is 309 g/mol.